The molecule has 1 aromatic carbocycles. The van der Waals surface area contributed by atoms with Crippen LogP contribution in [-0.4, -0.2) is 23.5 Å². The van der Waals surface area contributed by atoms with Crippen LogP contribution in [0.25, 0.3) is 0 Å². The van der Waals surface area contributed by atoms with Crippen molar-refractivity contribution in [2.24, 2.45) is 0 Å². The maximum absolute atomic E-state index is 12.2. The lowest BCUT2D eigenvalue weighted by molar-refractivity contribution is 0.0949. The molecular weight excluding hydrogens is 346 g/mol. The van der Waals surface area contributed by atoms with Crippen LogP contribution < -0.4 is 5.32 Å². The first-order valence-electron chi connectivity index (χ1n) is 6.35. The SMILES string of the molecule is CSC1(CNC(=O)c2cccc(Br)c2Cl)CCCC1. The number of hydrogen-bond donors (Lipinski definition) is 1. The number of benzene rings is 1. The Morgan fingerprint density at radius 2 is 2.16 bits per heavy atom. The maximum Gasteiger partial charge on any atom is 0.252 e. The van der Waals surface area contributed by atoms with E-state index in [-0.39, 0.29) is 10.7 Å². The van der Waals surface area contributed by atoms with E-state index in [1.807, 2.05) is 23.9 Å². The number of halogens is 2. The molecule has 0 spiro atoms. The molecule has 1 N–H and O–H groups in total. The monoisotopic (exact) mass is 361 g/mol. The number of carbonyl (C=O) groups is 1. The standard InChI is InChI=1S/C14H17BrClNOS/c1-19-14(7-2-3-8-14)9-17-13(18)10-5-4-6-11(15)12(10)16/h4-6H,2-3,7-9H2,1H3,(H,17,18). The maximum atomic E-state index is 12.2. The van der Waals surface area contributed by atoms with Crippen molar-refractivity contribution in [2.45, 2.75) is 30.4 Å². The third-order valence-corrected chi connectivity index (χ3v) is 6.43. The minimum Gasteiger partial charge on any atom is -0.351 e. The van der Waals surface area contributed by atoms with Gasteiger partial charge in [-0.3, -0.25) is 4.79 Å². The topological polar surface area (TPSA) is 29.1 Å². The van der Waals surface area contributed by atoms with Crippen molar-refractivity contribution in [1.82, 2.24) is 5.32 Å². The number of amides is 1. The van der Waals surface area contributed by atoms with Crippen molar-refractivity contribution in [3.05, 3.63) is 33.3 Å². The van der Waals surface area contributed by atoms with Gasteiger partial charge >= 0.3 is 0 Å². The summed E-state index contributed by atoms with van der Waals surface area (Å²) in [5.74, 6) is -0.0911. The van der Waals surface area contributed by atoms with E-state index < -0.39 is 0 Å². The molecule has 1 amide bonds. The van der Waals surface area contributed by atoms with Gasteiger partial charge in [-0.2, -0.15) is 11.8 Å². The van der Waals surface area contributed by atoms with Gasteiger partial charge in [0.25, 0.3) is 5.91 Å². The Kier molecular flexibility index (Phi) is 5.21. The fourth-order valence-electron chi connectivity index (χ4n) is 2.49. The Morgan fingerprint density at radius 3 is 2.79 bits per heavy atom. The summed E-state index contributed by atoms with van der Waals surface area (Å²) < 4.78 is 0.969. The molecule has 0 aliphatic heterocycles. The van der Waals surface area contributed by atoms with E-state index in [0.29, 0.717) is 10.6 Å². The van der Waals surface area contributed by atoms with E-state index in [1.165, 1.54) is 25.7 Å². The van der Waals surface area contributed by atoms with Gasteiger partial charge in [-0.25, -0.2) is 0 Å². The average Bonchev–Trinajstić information content (AvgIpc) is 2.89. The Balaban J connectivity index is 2.03. The van der Waals surface area contributed by atoms with E-state index in [0.717, 1.165) is 11.0 Å². The molecular formula is C14H17BrClNOS. The van der Waals surface area contributed by atoms with Crippen molar-refractivity contribution in [2.75, 3.05) is 12.8 Å². The van der Waals surface area contributed by atoms with Crippen molar-refractivity contribution in [1.29, 1.82) is 0 Å². The lowest BCUT2D eigenvalue weighted by Crippen LogP contribution is -2.38. The number of nitrogens with one attached hydrogen (secondary N) is 1. The summed E-state index contributed by atoms with van der Waals surface area (Å²) in [5.41, 5.74) is 0.533. The van der Waals surface area contributed by atoms with Crippen LogP contribution >= 0.6 is 39.3 Å². The zero-order valence-corrected chi connectivity index (χ0v) is 14.0. The molecule has 1 aliphatic carbocycles. The number of hydrogen-bond acceptors (Lipinski definition) is 2. The second-order valence-electron chi connectivity index (χ2n) is 4.88. The van der Waals surface area contributed by atoms with Gasteiger partial charge in [-0.15, -0.1) is 0 Å². The van der Waals surface area contributed by atoms with Crippen molar-refractivity contribution >= 4 is 45.2 Å². The third kappa shape index (κ3) is 3.47. The minimum absolute atomic E-state index is 0.0911. The fraction of sp³-hybridized carbons (Fsp3) is 0.500. The van der Waals surface area contributed by atoms with Crippen LogP contribution in [-0.2, 0) is 0 Å². The molecule has 1 saturated carbocycles. The third-order valence-electron chi connectivity index (χ3n) is 3.72. The molecule has 0 unspecified atom stereocenters. The van der Waals surface area contributed by atoms with Gasteiger partial charge < -0.3 is 5.32 Å². The lowest BCUT2D eigenvalue weighted by Gasteiger charge is -2.27. The van der Waals surface area contributed by atoms with Crippen LogP contribution in [0.15, 0.2) is 22.7 Å². The normalized spacial score (nSPS) is 17.4. The molecule has 0 aromatic heterocycles. The zero-order valence-electron chi connectivity index (χ0n) is 10.8. The van der Waals surface area contributed by atoms with Crippen LogP contribution in [0, 0.1) is 0 Å². The zero-order chi connectivity index (χ0) is 13.9. The van der Waals surface area contributed by atoms with Crippen molar-refractivity contribution in [3.8, 4) is 0 Å². The summed E-state index contributed by atoms with van der Waals surface area (Å²) >= 11 is 11.3. The van der Waals surface area contributed by atoms with Gasteiger partial charge in [-0.05, 0) is 47.2 Å². The molecule has 0 saturated heterocycles. The van der Waals surface area contributed by atoms with Gasteiger partial charge in [0, 0.05) is 15.8 Å². The van der Waals surface area contributed by atoms with Gasteiger partial charge in [0.2, 0.25) is 0 Å². The first-order valence-corrected chi connectivity index (χ1v) is 8.75. The highest BCUT2D eigenvalue weighted by atomic mass is 79.9. The molecule has 1 aromatic rings. The lowest BCUT2D eigenvalue weighted by atomic mass is 10.1. The Morgan fingerprint density at radius 1 is 1.47 bits per heavy atom. The molecule has 5 heteroatoms. The van der Waals surface area contributed by atoms with Crippen LogP contribution in [0.3, 0.4) is 0 Å². The number of carbonyl (C=O) groups excluding carboxylic acids is 1. The smallest absolute Gasteiger partial charge is 0.252 e. The molecule has 19 heavy (non-hydrogen) atoms. The van der Waals surface area contributed by atoms with E-state index in [1.54, 1.807) is 6.07 Å². The van der Waals surface area contributed by atoms with Crippen LogP contribution in [0.5, 0.6) is 0 Å². The Hall–Kier alpha value is -0.190. The molecule has 0 bridgehead atoms. The summed E-state index contributed by atoms with van der Waals surface area (Å²) in [4.78, 5) is 12.2. The first kappa shape index (κ1) is 15.2. The summed E-state index contributed by atoms with van der Waals surface area (Å²) in [7, 11) is 0. The molecule has 0 heterocycles. The molecule has 2 nitrogen and oxygen atoms in total. The number of rotatable bonds is 4. The molecule has 1 fully saturated rings. The van der Waals surface area contributed by atoms with Gasteiger partial charge in [0.05, 0.1) is 10.6 Å². The molecule has 0 atom stereocenters. The summed E-state index contributed by atoms with van der Waals surface area (Å²) in [6.45, 7) is 0.718. The predicted octanol–water partition coefficient (Wildman–Crippen LogP) is 4.51. The van der Waals surface area contributed by atoms with E-state index in [2.05, 4.69) is 27.5 Å². The molecule has 2 rings (SSSR count). The van der Waals surface area contributed by atoms with Crippen molar-refractivity contribution < 1.29 is 4.79 Å². The van der Waals surface area contributed by atoms with Crippen molar-refractivity contribution in [3.63, 3.8) is 0 Å². The summed E-state index contributed by atoms with van der Waals surface area (Å²) in [6, 6.07) is 5.41. The Labute approximate surface area is 131 Å². The van der Waals surface area contributed by atoms with Gasteiger partial charge in [0.1, 0.15) is 0 Å². The molecule has 104 valence electrons. The fourth-order valence-corrected chi connectivity index (χ4v) is 3.98. The Bertz CT molecular complexity index is 475. The highest BCUT2D eigenvalue weighted by Gasteiger charge is 2.33. The largest absolute Gasteiger partial charge is 0.351 e. The van der Waals surface area contributed by atoms with Gasteiger partial charge in [0.15, 0.2) is 0 Å². The van der Waals surface area contributed by atoms with Crippen LogP contribution in [0.2, 0.25) is 5.02 Å². The highest BCUT2D eigenvalue weighted by molar-refractivity contribution is 9.10. The van der Waals surface area contributed by atoms with Gasteiger partial charge in [-0.1, -0.05) is 30.5 Å². The quantitative estimate of drug-likeness (QED) is 0.854. The second-order valence-corrected chi connectivity index (χ2v) is 7.38. The number of thioether (sulfide) groups is 1. The predicted molar refractivity (Wildman–Crippen MR) is 86.2 cm³/mol. The minimum atomic E-state index is -0.0911. The van der Waals surface area contributed by atoms with Crippen LogP contribution in [0.4, 0.5) is 0 Å². The second kappa shape index (κ2) is 6.51. The summed E-state index contributed by atoms with van der Waals surface area (Å²) in [6.07, 6.45) is 7.01. The highest BCUT2D eigenvalue weighted by Crippen LogP contribution is 2.39. The van der Waals surface area contributed by atoms with E-state index >= 15 is 0 Å². The van der Waals surface area contributed by atoms with Crippen LogP contribution in [0.1, 0.15) is 36.0 Å². The summed E-state index contributed by atoms with van der Waals surface area (Å²) in [5, 5.41) is 3.51. The van der Waals surface area contributed by atoms with E-state index in [4.69, 9.17) is 11.6 Å². The molecule has 0 radical (unpaired) electrons. The average molecular weight is 363 g/mol. The molecule has 1 aliphatic rings. The van der Waals surface area contributed by atoms with E-state index in [9.17, 15) is 4.79 Å². The first-order chi connectivity index (χ1) is 9.08.